The largest absolute Gasteiger partial charge is 0.497 e. The second kappa shape index (κ2) is 10.3. The number of methoxy groups -OCH3 is 1. The fourth-order valence-electron chi connectivity index (χ4n) is 3.48. The number of nitrogens with one attached hydrogen (secondary N) is 1. The quantitative estimate of drug-likeness (QED) is 0.656. The Kier molecular flexibility index (Phi) is 7.76. The third kappa shape index (κ3) is 5.59. The molecule has 8 nitrogen and oxygen atoms in total. The summed E-state index contributed by atoms with van der Waals surface area (Å²) >= 11 is 6.17. The van der Waals surface area contributed by atoms with E-state index in [1.807, 2.05) is 24.3 Å². The van der Waals surface area contributed by atoms with Gasteiger partial charge in [-0.1, -0.05) is 23.7 Å². The van der Waals surface area contributed by atoms with E-state index in [1.54, 1.807) is 16.9 Å². The van der Waals surface area contributed by atoms with Crippen LogP contribution in [0.4, 0.5) is 0 Å². The first-order valence-corrected chi connectivity index (χ1v) is 12.0. The predicted octanol–water partition coefficient (Wildman–Crippen LogP) is 2.17. The van der Waals surface area contributed by atoms with Gasteiger partial charge in [-0.2, -0.15) is 0 Å². The van der Waals surface area contributed by atoms with Crippen LogP contribution in [0.1, 0.15) is 22.3 Å². The lowest BCUT2D eigenvalue weighted by atomic mass is 10.1. The molecule has 1 aliphatic rings. The molecule has 0 saturated carbocycles. The van der Waals surface area contributed by atoms with Crippen LogP contribution in [0.3, 0.4) is 0 Å². The van der Waals surface area contributed by atoms with E-state index in [4.69, 9.17) is 16.3 Å². The maximum absolute atomic E-state index is 12.9. The monoisotopic (exact) mass is 479 g/mol. The van der Waals surface area contributed by atoms with Crippen LogP contribution in [-0.2, 0) is 21.2 Å². The molecule has 1 fully saturated rings. The number of piperazine rings is 1. The van der Waals surface area contributed by atoms with Crippen LogP contribution in [0.15, 0.2) is 47.4 Å². The molecule has 1 heterocycles. The number of sulfonamides is 1. The number of nitrogens with zero attached hydrogens (tertiary/aromatic N) is 2. The summed E-state index contributed by atoms with van der Waals surface area (Å²) in [7, 11) is -0.783. The average molecular weight is 480 g/mol. The summed E-state index contributed by atoms with van der Waals surface area (Å²) in [5.74, 6) is 0.455. The van der Waals surface area contributed by atoms with E-state index < -0.39 is 10.0 Å². The number of hydrogen-bond donors (Lipinski definition) is 1. The number of carbonyl (C=O) groups excluding carboxylic acids is 2. The summed E-state index contributed by atoms with van der Waals surface area (Å²) in [6.07, 6.45) is 1.01. The Morgan fingerprint density at radius 3 is 2.25 bits per heavy atom. The topological polar surface area (TPSA) is 96.0 Å². The highest BCUT2D eigenvalue weighted by Gasteiger charge is 2.27. The first-order chi connectivity index (χ1) is 15.2. The molecule has 0 aliphatic carbocycles. The Labute approximate surface area is 193 Å². The van der Waals surface area contributed by atoms with Crippen molar-refractivity contribution in [3.05, 3.63) is 58.6 Å². The van der Waals surface area contributed by atoms with E-state index in [-0.39, 0.29) is 27.3 Å². The van der Waals surface area contributed by atoms with E-state index in [1.165, 1.54) is 25.2 Å². The third-order valence-corrected chi connectivity index (χ3v) is 7.20. The zero-order chi connectivity index (χ0) is 23.3. The summed E-state index contributed by atoms with van der Waals surface area (Å²) in [4.78, 5) is 28.8. The minimum atomic E-state index is -3.69. The molecule has 2 aromatic carbocycles. The maximum Gasteiger partial charge on any atom is 0.255 e. The molecule has 0 spiro atoms. The maximum atomic E-state index is 12.9. The van der Waals surface area contributed by atoms with Gasteiger partial charge in [-0.15, -0.1) is 0 Å². The Balaban J connectivity index is 1.57. The Bertz CT molecular complexity index is 1080. The van der Waals surface area contributed by atoms with Gasteiger partial charge in [-0.25, -0.2) is 13.1 Å². The number of carbonyl (C=O) groups is 2. The molecule has 0 radical (unpaired) electrons. The lowest BCUT2D eigenvalue weighted by Crippen LogP contribution is -2.50. The number of halogens is 1. The van der Waals surface area contributed by atoms with Crippen LogP contribution in [-0.4, -0.2) is 70.4 Å². The fraction of sp³-hybridized carbons (Fsp3) is 0.364. The van der Waals surface area contributed by atoms with E-state index in [9.17, 15) is 18.0 Å². The number of ether oxygens (including phenoxy) is 1. The van der Waals surface area contributed by atoms with E-state index >= 15 is 0 Å². The highest BCUT2D eigenvalue weighted by molar-refractivity contribution is 7.89. The van der Waals surface area contributed by atoms with Crippen LogP contribution >= 0.6 is 11.6 Å². The SMILES string of the molecule is CNS(=O)(=O)c1ccc(Cl)c(C(=O)N2CCN(C(=O)CCc3ccc(OC)cc3)CC2)c1. The van der Waals surface area contributed by atoms with Gasteiger partial charge in [0.15, 0.2) is 0 Å². The molecular formula is C22H26ClN3O5S. The van der Waals surface area contributed by atoms with E-state index in [2.05, 4.69) is 4.72 Å². The summed E-state index contributed by atoms with van der Waals surface area (Å²) in [6.45, 7) is 1.54. The summed E-state index contributed by atoms with van der Waals surface area (Å²) in [5, 5.41) is 0.183. The number of benzene rings is 2. The molecule has 3 rings (SSSR count). The summed E-state index contributed by atoms with van der Waals surface area (Å²) < 4.78 is 31.5. The van der Waals surface area contributed by atoms with Crippen molar-refractivity contribution in [3.8, 4) is 5.75 Å². The second-order valence-corrected chi connectivity index (χ2v) is 9.66. The van der Waals surface area contributed by atoms with Gasteiger partial charge in [0.1, 0.15) is 5.75 Å². The Hall–Kier alpha value is -2.62. The van der Waals surface area contributed by atoms with Gasteiger partial charge in [-0.3, -0.25) is 9.59 Å². The molecule has 172 valence electrons. The summed E-state index contributed by atoms with van der Waals surface area (Å²) in [5.41, 5.74) is 1.18. The van der Waals surface area contributed by atoms with Crippen LogP contribution in [0.25, 0.3) is 0 Å². The van der Waals surface area contributed by atoms with Crippen LogP contribution in [0.5, 0.6) is 5.75 Å². The van der Waals surface area contributed by atoms with Crippen LogP contribution < -0.4 is 9.46 Å². The zero-order valence-electron chi connectivity index (χ0n) is 18.0. The van der Waals surface area contributed by atoms with Gasteiger partial charge in [0.2, 0.25) is 15.9 Å². The summed E-state index contributed by atoms with van der Waals surface area (Å²) in [6, 6.07) is 11.6. The molecule has 0 aromatic heterocycles. The highest BCUT2D eigenvalue weighted by Crippen LogP contribution is 2.23. The van der Waals surface area contributed by atoms with Gasteiger partial charge in [0.05, 0.1) is 22.6 Å². The minimum Gasteiger partial charge on any atom is -0.497 e. The zero-order valence-corrected chi connectivity index (χ0v) is 19.6. The van der Waals surface area contributed by atoms with Crippen molar-refractivity contribution in [2.45, 2.75) is 17.7 Å². The first-order valence-electron chi connectivity index (χ1n) is 10.2. The van der Waals surface area contributed by atoms with Crippen molar-refractivity contribution in [1.29, 1.82) is 0 Å². The molecule has 0 unspecified atom stereocenters. The predicted molar refractivity (Wildman–Crippen MR) is 121 cm³/mol. The molecular weight excluding hydrogens is 454 g/mol. The van der Waals surface area contributed by atoms with E-state index in [0.717, 1.165) is 11.3 Å². The third-order valence-electron chi connectivity index (χ3n) is 5.45. The second-order valence-electron chi connectivity index (χ2n) is 7.37. The lowest BCUT2D eigenvalue weighted by Gasteiger charge is -2.35. The van der Waals surface area contributed by atoms with Gasteiger partial charge in [0, 0.05) is 32.6 Å². The van der Waals surface area contributed by atoms with Gasteiger partial charge in [-0.05, 0) is 49.4 Å². The number of hydrogen-bond acceptors (Lipinski definition) is 5. The van der Waals surface area contributed by atoms with Gasteiger partial charge < -0.3 is 14.5 Å². The van der Waals surface area contributed by atoms with Crippen molar-refractivity contribution < 1.29 is 22.7 Å². The molecule has 2 amide bonds. The van der Waals surface area contributed by atoms with Gasteiger partial charge in [0.25, 0.3) is 5.91 Å². The molecule has 10 heteroatoms. The minimum absolute atomic E-state index is 0.0277. The number of amides is 2. The number of rotatable bonds is 7. The van der Waals surface area contributed by atoms with Crippen molar-refractivity contribution in [1.82, 2.24) is 14.5 Å². The molecule has 2 aromatic rings. The van der Waals surface area contributed by atoms with Crippen molar-refractivity contribution in [2.75, 3.05) is 40.3 Å². The molecule has 0 atom stereocenters. The average Bonchev–Trinajstić information content (AvgIpc) is 2.82. The molecule has 0 bridgehead atoms. The fourth-order valence-corrected chi connectivity index (χ4v) is 4.44. The smallest absolute Gasteiger partial charge is 0.255 e. The normalized spacial score (nSPS) is 14.3. The molecule has 1 N–H and O–H groups in total. The molecule has 1 aliphatic heterocycles. The van der Waals surface area contributed by atoms with Gasteiger partial charge >= 0.3 is 0 Å². The molecule has 1 saturated heterocycles. The first kappa shape index (κ1) is 24.0. The molecule has 32 heavy (non-hydrogen) atoms. The Morgan fingerprint density at radius 2 is 1.66 bits per heavy atom. The van der Waals surface area contributed by atoms with Crippen molar-refractivity contribution in [3.63, 3.8) is 0 Å². The highest BCUT2D eigenvalue weighted by atomic mass is 35.5. The van der Waals surface area contributed by atoms with Crippen LogP contribution in [0, 0.1) is 0 Å². The van der Waals surface area contributed by atoms with E-state index in [0.29, 0.717) is 39.0 Å². The van der Waals surface area contributed by atoms with Crippen LogP contribution in [0.2, 0.25) is 5.02 Å². The Morgan fingerprint density at radius 1 is 1.03 bits per heavy atom. The number of aryl methyl sites for hydroxylation is 1. The van der Waals surface area contributed by atoms with Crippen molar-refractivity contribution in [2.24, 2.45) is 0 Å². The standard InChI is InChI=1S/C22H26ClN3O5S/c1-24-32(29,30)18-8-9-20(23)19(15-18)22(28)26-13-11-25(12-14-26)21(27)10-5-16-3-6-17(31-2)7-4-16/h3-4,6-9,15,24H,5,10-14H2,1-2H3. The lowest BCUT2D eigenvalue weighted by molar-refractivity contribution is -0.132. The van der Waals surface area contributed by atoms with Crippen molar-refractivity contribution >= 4 is 33.4 Å².